The molecule has 0 fully saturated rings. The van der Waals surface area contributed by atoms with Crippen LogP contribution in [0.5, 0.6) is 0 Å². The third-order valence-electron chi connectivity index (χ3n) is 1.78. The van der Waals surface area contributed by atoms with Crippen molar-refractivity contribution in [1.82, 2.24) is 4.98 Å². The Morgan fingerprint density at radius 3 is 2.85 bits per heavy atom. The van der Waals surface area contributed by atoms with Gasteiger partial charge in [0.15, 0.2) is 0 Å². The molecule has 0 saturated carbocycles. The predicted molar refractivity (Wildman–Crippen MR) is 46.1 cm³/mol. The number of carboxylic acids is 1. The summed E-state index contributed by atoms with van der Waals surface area (Å²) >= 11 is 0. The van der Waals surface area contributed by atoms with Crippen LogP contribution in [0.25, 0.3) is 0 Å². The fourth-order valence-electron chi connectivity index (χ4n) is 1.08. The van der Waals surface area contributed by atoms with Gasteiger partial charge in [-0.3, -0.25) is 9.78 Å². The first kappa shape index (κ1) is 9.67. The standard InChI is InChI=1S/C9H11NO3/c1-9(13,5-8(11)12)7-3-2-4-10-6-7/h2-4,6,13H,5H2,1H3,(H,11,12). The van der Waals surface area contributed by atoms with Gasteiger partial charge in [0.25, 0.3) is 0 Å². The van der Waals surface area contributed by atoms with Crippen LogP contribution in [0.3, 0.4) is 0 Å². The molecule has 1 heterocycles. The number of carbonyl (C=O) groups is 1. The molecule has 2 N–H and O–H groups in total. The first-order valence-corrected chi connectivity index (χ1v) is 3.87. The summed E-state index contributed by atoms with van der Waals surface area (Å²) in [5.74, 6) is -1.03. The molecule has 1 aromatic heterocycles. The van der Waals surface area contributed by atoms with Gasteiger partial charge in [0.2, 0.25) is 0 Å². The predicted octanol–water partition coefficient (Wildman–Crippen LogP) is 0.764. The SMILES string of the molecule is CC(O)(CC(=O)O)c1cccnc1. The van der Waals surface area contributed by atoms with Crippen molar-refractivity contribution in [3.63, 3.8) is 0 Å². The van der Waals surface area contributed by atoms with E-state index in [0.29, 0.717) is 5.56 Å². The number of rotatable bonds is 3. The van der Waals surface area contributed by atoms with Crippen molar-refractivity contribution >= 4 is 5.97 Å². The lowest BCUT2D eigenvalue weighted by atomic mass is 9.94. The maximum Gasteiger partial charge on any atom is 0.306 e. The van der Waals surface area contributed by atoms with Crippen LogP contribution >= 0.6 is 0 Å². The van der Waals surface area contributed by atoms with E-state index in [4.69, 9.17) is 5.11 Å². The first-order valence-electron chi connectivity index (χ1n) is 3.87. The van der Waals surface area contributed by atoms with Crippen molar-refractivity contribution in [3.05, 3.63) is 30.1 Å². The first-order chi connectivity index (χ1) is 6.02. The van der Waals surface area contributed by atoms with Gasteiger partial charge in [-0.25, -0.2) is 0 Å². The lowest BCUT2D eigenvalue weighted by molar-refractivity contribution is -0.142. The minimum absolute atomic E-state index is 0.321. The van der Waals surface area contributed by atoms with E-state index in [9.17, 15) is 9.90 Å². The largest absolute Gasteiger partial charge is 0.481 e. The zero-order valence-corrected chi connectivity index (χ0v) is 7.27. The molecule has 0 saturated heterocycles. The minimum Gasteiger partial charge on any atom is -0.481 e. The van der Waals surface area contributed by atoms with E-state index in [2.05, 4.69) is 4.98 Å². The topological polar surface area (TPSA) is 70.4 Å². The quantitative estimate of drug-likeness (QED) is 0.722. The molecule has 0 aliphatic heterocycles. The van der Waals surface area contributed by atoms with Gasteiger partial charge in [0.1, 0.15) is 0 Å². The number of hydrogen-bond donors (Lipinski definition) is 2. The van der Waals surface area contributed by atoms with Crippen molar-refractivity contribution in [2.75, 3.05) is 0 Å². The molecule has 1 atom stereocenters. The summed E-state index contributed by atoms with van der Waals surface area (Å²) < 4.78 is 0. The van der Waals surface area contributed by atoms with Gasteiger partial charge in [-0.1, -0.05) is 6.07 Å². The van der Waals surface area contributed by atoms with Crippen LogP contribution in [0.1, 0.15) is 18.9 Å². The average Bonchev–Trinajstić information content (AvgIpc) is 2.04. The Bertz CT molecular complexity index is 295. The van der Waals surface area contributed by atoms with E-state index < -0.39 is 11.6 Å². The third kappa shape index (κ3) is 2.52. The van der Waals surface area contributed by atoms with E-state index in [1.54, 1.807) is 18.3 Å². The lowest BCUT2D eigenvalue weighted by Gasteiger charge is -2.20. The van der Waals surface area contributed by atoms with E-state index >= 15 is 0 Å². The van der Waals surface area contributed by atoms with Crippen LogP contribution in [0.15, 0.2) is 24.5 Å². The molecule has 4 heteroatoms. The van der Waals surface area contributed by atoms with Crippen molar-refractivity contribution < 1.29 is 15.0 Å². The van der Waals surface area contributed by atoms with Crippen LogP contribution < -0.4 is 0 Å². The van der Waals surface area contributed by atoms with Crippen LogP contribution in [0.2, 0.25) is 0 Å². The highest BCUT2D eigenvalue weighted by molar-refractivity contribution is 5.68. The van der Waals surface area contributed by atoms with E-state index in [1.165, 1.54) is 13.1 Å². The average molecular weight is 181 g/mol. The number of hydrogen-bond acceptors (Lipinski definition) is 3. The Kier molecular flexibility index (Phi) is 2.63. The third-order valence-corrected chi connectivity index (χ3v) is 1.78. The van der Waals surface area contributed by atoms with Gasteiger partial charge in [-0.15, -0.1) is 0 Å². The molecular weight excluding hydrogens is 170 g/mol. The highest BCUT2D eigenvalue weighted by Crippen LogP contribution is 2.22. The minimum atomic E-state index is -1.35. The maximum atomic E-state index is 10.4. The Morgan fingerprint density at radius 1 is 1.69 bits per heavy atom. The Morgan fingerprint density at radius 2 is 2.38 bits per heavy atom. The second kappa shape index (κ2) is 3.53. The molecule has 0 bridgehead atoms. The van der Waals surface area contributed by atoms with Crippen LogP contribution in [-0.2, 0) is 10.4 Å². The van der Waals surface area contributed by atoms with Crippen molar-refractivity contribution in [2.24, 2.45) is 0 Å². The second-order valence-electron chi connectivity index (χ2n) is 3.09. The number of aliphatic hydroxyl groups is 1. The summed E-state index contributed by atoms with van der Waals surface area (Å²) in [4.78, 5) is 14.2. The monoisotopic (exact) mass is 181 g/mol. The van der Waals surface area contributed by atoms with Gasteiger partial charge in [-0.2, -0.15) is 0 Å². The Hall–Kier alpha value is -1.42. The van der Waals surface area contributed by atoms with Gasteiger partial charge in [0, 0.05) is 18.0 Å². The number of pyridine rings is 1. The number of aromatic nitrogens is 1. The summed E-state index contributed by atoms with van der Waals surface area (Å²) in [6, 6.07) is 3.31. The molecule has 0 radical (unpaired) electrons. The van der Waals surface area contributed by atoms with Crippen LogP contribution in [-0.4, -0.2) is 21.2 Å². The van der Waals surface area contributed by atoms with E-state index in [-0.39, 0.29) is 6.42 Å². The molecule has 0 amide bonds. The van der Waals surface area contributed by atoms with Crippen LogP contribution in [0.4, 0.5) is 0 Å². The maximum absolute atomic E-state index is 10.4. The zero-order valence-electron chi connectivity index (χ0n) is 7.27. The highest BCUT2D eigenvalue weighted by Gasteiger charge is 2.26. The fourth-order valence-corrected chi connectivity index (χ4v) is 1.08. The molecule has 0 aromatic carbocycles. The molecule has 0 aliphatic rings. The molecular formula is C9H11NO3. The molecule has 70 valence electrons. The Labute approximate surface area is 75.9 Å². The normalized spacial score (nSPS) is 14.9. The molecule has 1 unspecified atom stereocenters. The fraction of sp³-hybridized carbons (Fsp3) is 0.333. The molecule has 4 nitrogen and oxygen atoms in total. The van der Waals surface area contributed by atoms with Crippen molar-refractivity contribution in [3.8, 4) is 0 Å². The van der Waals surface area contributed by atoms with Crippen molar-refractivity contribution in [1.29, 1.82) is 0 Å². The highest BCUT2D eigenvalue weighted by atomic mass is 16.4. The number of carboxylic acid groups (broad SMARTS) is 1. The molecule has 13 heavy (non-hydrogen) atoms. The zero-order chi connectivity index (χ0) is 9.90. The summed E-state index contributed by atoms with van der Waals surface area (Å²) in [6.45, 7) is 1.46. The summed E-state index contributed by atoms with van der Waals surface area (Å²) in [5, 5.41) is 18.3. The van der Waals surface area contributed by atoms with Crippen LogP contribution in [0, 0.1) is 0 Å². The number of aliphatic carboxylic acids is 1. The number of nitrogens with zero attached hydrogens (tertiary/aromatic N) is 1. The lowest BCUT2D eigenvalue weighted by Crippen LogP contribution is -2.25. The van der Waals surface area contributed by atoms with E-state index in [1.807, 2.05) is 0 Å². The molecule has 1 aromatic rings. The smallest absolute Gasteiger partial charge is 0.306 e. The molecule has 1 rings (SSSR count). The molecule has 0 spiro atoms. The van der Waals surface area contributed by atoms with Gasteiger partial charge in [-0.05, 0) is 13.0 Å². The van der Waals surface area contributed by atoms with Gasteiger partial charge in [0.05, 0.1) is 12.0 Å². The summed E-state index contributed by atoms with van der Waals surface area (Å²) in [6.07, 6.45) is 2.71. The second-order valence-corrected chi connectivity index (χ2v) is 3.09. The van der Waals surface area contributed by atoms with Gasteiger partial charge < -0.3 is 10.2 Å². The molecule has 0 aliphatic carbocycles. The van der Waals surface area contributed by atoms with Crippen molar-refractivity contribution in [2.45, 2.75) is 18.9 Å². The Balaban J connectivity index is 2.87. The van der Waals surface area contributed by atoms with Gasteiger partial charge >= 0.3 is 5.97 Å². The van der Waals surface area contributed by atoms with E-state index in [0.717, 1.165) is 0 Å². The summed E-state index contributed by atoms with van der Waals surface area (Å²) in [7, 11) is 0. The summed E-state index contributed by atoms with van der Waals surface area (Å²) in [5.41, 5.74) is -0.836.